The molecule has 1 saturated carbocycles. The lowest BCUT2D eigenvalue weighted by atomic mass is 9.92. The largest absolute Gasteiger partial charge is 0.411 e. The molecule has 166 valence electrons. The van der Waals surface area contributed by atoms with Gasteiger partial charge in [-0.2, -0.15) is 15.1 Å². The molecular formula is C20H30ClF2N5OSi. The van der Waals surface area contributed by atoms with Crippen molar-refractivity contribution >= 4 is 25.7 Å². The van der Waals surface area contributed by atoms with E-state index in [2.05, 4.69) is 54.2 Å². The van der Waals surface area contributed by atoms with Gasteiger partial charge in [-0.05, 0) is 37.0 Å². The van der Waals surface area contributed by atoms with E-state index in [1.165, 1.54) is 0 Å². The number of aromatic nitrogens is 4. The van der Waals surface area contributed by atoms with E-state index >= 15 is 0 Å². The normalized spacial score (nSPS) is 17.9. The third-order valence-electron chi connectivity index (χ3n) is 5.99. The molecule has 1 aliphatic carbocycles. The summed E-state index contributed by atoms with van der Waals surface area (Å²) in [6, 6.07) is 3.41. The Labute approximate surface area is 182 Å². The molecule has 0 aliphatic heterocycles. The van der Waals surface area contributed by atoms with Crippen molar-refractivity contribution in [1.82, 2.24) is 19.7 Å². The van der Waals surface area contributed by atoms with Gasteiger partial charge in [-0.1, -0.05) is 32.4 Å². The summed E-state index contributed by atoms with van der Waals surface area (Å²) in [6.07, 6.45) is 2.31. The summed E-state index contributed by atoms with van der Waals surface area (Å²) in [6.45, 7) is 11.4. The average Bonchev–Trinajstić information content (AvgIpc) is 3.10. The molecular weight excluding hydrogens is 428 g/mol. The second kappa shape index (κ2) is 8.51. The summed E-state index contributed by atoms with van der Waals surface area (Å²) in [7, 11) is -1.88. The highest BCUT2D eigenvalue weighted by atomic mass is 35.5. The Kier molecular flexibility index (Phi) is 6.55. The first-order valence-corrected chi connectivity index (χ1v) is 13.5. The molecule has 0 aromatic carbocycles. The minimum absolute atomic E-state index is 0.0605. The lowest BCUT2D eigenvalue weighted by molar-refractivity contribution is -0.0361. The average molecular weight is 458 g/mol. The molecule has 6 nitrogen and oxygen atoms in total. The van der Waals surface area contributed by atoms with Gasteiger partial charge in [0.2, 0.25) is 5.92 Å². The van der Waals surface area contributed by atoms with E-state index in [0.29, 0.717) is 31.2 Å². The molecule has 1 fully saturated rings. The van der Waals surface area contributed by atoms with Gasteiger partial charge in [0.05, 0.1) is 12.3 Å². The van der Waals surface area contributed by atoms with Crippen LogP contribution >= 0.6 is 11.6 Å². The van der Waals surface area contributed by atoms with Gasteiger partial charge in [0.1, 0.15) is 11.0 Å². The number of nitrogens with zero attached hydrogens (tertiary/aromatic N) is 4. The van der Waals surface area contributed by atoms with Crippen LogP contribution in [0.15, 0.2) is 18.3 Å². The zero-order valence-electron chi connectivity index (χ0n) is 18.2. The molecule has 0 atom stereocenters. The highest BCUT2D eigenvalue weighted by molar-refractivity contribution is 6.74. The molecule has 2 heterocycles. The lowest BCUT2D eigenvalue weighted by Gasteiger charge is -2.35. The summed E-state index contributed by atoms with van der Waals surface area (Å²) < 4.78 is 34.5. The van der Waals surface area contributed by atoms with Gasteiger partial charge in [0.15, 0.2) is 8.32 Å². The van der Waals surface area contributed by atoms with Gasteiger partial charge in [0, 0.05) is 31.1 Å². The van der Waals surface area contributed by atoms with Crippen LogP contribution in [0.3, 0.4) is 0 Å². The summed E-state index contributed by atoms with van der Waals surface area (Å²) >= 11 is 6.17. The van der Waals surface area contributed by atoms with Crippen molar-refractivity contribution in [1.29, 1.82) is 0 Å². The van der Waals surface area contributed by atoms with Crippen LogP contribution < -0.4 is 5.32 Å². The molecule has 1 N–H and O–H groups in total. The van der Waals surface area contributed by atoms with Gasteiger partial charge in [-0.15, -0.1) is 0 Å². The first-order chi connectivity index (χ1) is 13.8. The minimum Gasteiger partial charge on any atom is -0.411 e. The fourth-order valence-corrected chi connectivity index (χ4v) is 4.12. The summed E-state index contributed by atoms with van der Waals surface area (Å²) in [4.78, 5) is 8.71. The molecule has 0 spiro atoms. The van der Waals surface area contributed by atoms with Gasteiger partial charge >= 0.3 is 0 Å². The predicted molar refractivity (Wildman–Crippen MR) is 117 cm³/mol. The van der Waals surface area contributed by atoms with E-state index in [-0.39, 0.29) is 29.1 Å². The van der Waals surface area contributed by atoms with Crippen LogP contribution in [0.2, 0.25) is 23.3 Å². The lowest BCUT2D eigenvalue weighted by Crippen LogP contribution is -2.40. The Morgan fingerprint density at radius 1 is 1.27 bits per heavy atom. The van der Waals surface area contributed by atoms with Crippen molar-refractivity contribution in [3.05, 3.63) is 29.2 Å². The number of alkyl halides is 2. The second-order valence-corrected chi connectivity index (χ2v) is 14.6. The van der Waals surface area contributed by atoms with Crippen LogP contribution in [-0.4, -0.2) is 40.0 Å². The molecule has 30 heavy (non-hydrogen) atoms. The van der Waals surface area contributed by atoms with Gasteiger partial charge < -0.3 is 9.74 Å². The summed E-state index contributed by atoms with van der Waals surface area (Å²) in [5.41, 5.74) is 0.785. The standard InChI is InChI=1S/C20H30ClF2N5OSi/c1-19(2,3)30(4,5)29-13-15-8-11-28(27-15)18-25-16(21)12-17(26-18)24-14-6-9-20(22,23)10-7-14/h8,11-12,14H,6-7,9-10,13H2,1-5H3,(H,24,25,26). The van der Waals surface area contributed by atoms with E-state index in [1.54, 1.807) is 16.9 Å². The molecule has 0 saturated heterocycles. The molecule has 2 aromatic rings. The predicted octanol–water partition coefficient (Wildman–Crippen LogP) is 5.83. The number of nitrogens with one attached hydrogen (secondary N) is 1. The number of halogens is 3. The zero-order valence-corrected chi connectivity index (χ0v) is 19.9. The highest BCUT2D eigenvalue weighted by Crippen LogP contribution is 2.37. The number of hydrogen-bond donors (Lipinski definition) is 1. The highest BCUT2D eigenvalue weighted by Gasteiger charge is 2.37. The van der Waals surface area contributed by atoms with Crippen LogP contribution in [0.5, 0.6) is 0 Å². The van der Waals surface area contributed by atoms with E-state index in [9.17, 15) is 8.78 Å². The topological polar surface area (TPSA) is 64.9 Å². The Balaban J connectivity index is 1.68. The van der Waals surface area contributed by atoms with Crippen LogP contribution in [0.1, 0.15) is 52.1 Å². The van der Waals surface area contributed by atoms with Crippen molar-refractivity contribution in [2.24, 2.45) is 0 Å². The van der Waals surface area contributed by atoms with Crippen molar-refractivity contribution in [3.8, 4) is 5.95 Å². The summed E-state index contributed by atoms with van der Waals surface area (Å²) in [5.74, 6) is -1.73. The molecule has 0 amide bonds. The van der Waals surface area contributed by atoms with Crippen LogP contribution in [0, 0.1) is 0 Å². The maximum atomic E-state index is 13.4. The van der Waals surface area contributed by atoms with Crippen molar-refractivity contribution in [3.63, 3.8) is 0 Å². The van der Waals surface area contributed by atoms with Gasteiger partial charge in [-0.25, -0.2) is 13.5 Å². The van der Waals surface area contributed by atoms with Crippen molar-refractivity contribution < 1.29 is 13.2 Å². The van der Waals surface area contributed by atoms with Crippen molar-refractivity contribution in [2.45, 2.75) is 83.2 Å². The smallest absolute Gasteiger partial charge is 0.253 e. The van der Waals surface area contributed by atoms with Crippen LogP contribution in [-0.2, 0) is 11.0 Å². The second-order valence-electron chi connectivity index (χ2n) is 9.45. The monoisotopic (exact) mass is 457 g/mol. The third kappa shape index (κ3) is 5.76. The van der Waals surface area contributed by atoms with Crippen LogP contribution in [0.4, 0.5) is 14.6 Å². The maximum absolute atomic E-state index is 13.4. The van der Waals surface area contributed by atoms with Crippen LogP contribution in [0.25, 0.3) is 5.95 Å². The molecule has 3 rings (SSSR count). The molecule has 0 radical (unpaired) electrons. The van der Waals surface area contributed by atoms with E-state index in [0.717, 1.165) is 5.69 Å². The number of rotatable bonds is 6. The zero-order chi connectivity index (χ0) is 22.2. The quantitative estimate of drug-likeness (QED) is 0.436. The Morgan fingerprint density at radius 3 is 2.57 bits per heavy atom. The van der Waals surface area contributed by atoms with Gasteiger partial charge in [-0.3, -0.25) is 0 Å². The molecule has 1 aliphatic rings. The SMILES string of the molecule is CC(C)(C)[Si](C)(C)OCc1ccn(-c2nc(Cl)cc(NC3CCC(F)(F)CC3)n2)n1. The summed E-state index contributed by atoms with van der Waals surface area (Å²) in [5, 5.41) is 8.11. The fraction of sp³-hybridized carbons (Fsp3) is 0.650. The van der Waals surface area contributed by atoms with Gasteiger partial charge in [0.25, 0.3) is 5.95 Å². The minimum atomic E-state index is -2.56. The van der Waals surface area contributed by atoms with E-state index < -0.39 is 14.2 Å². The molecule has 0 bridgehead atoms. The Bertz CT molecular complexity index is 874. The Hall–Kier alpha value is -1.58. The van der Waals surface area contributed by atoms with Crippen molar-refractivity contribution in [2.75, 3.05) is 5.32 Å². The third-order valence-corrected chi connectivity index (χ3v) is 10.7. The maximum Gasteiger partial charge on any atom is 0.253 e. The van der Waals surface area contributed by atoms with E-state index in [1.807, 2.05) is 6.07 Å². The molecule has 2 aromatic heterocycles. The first-order valence-electron chi connectivity index (χ1n) is 10.2. The number of anilines is 1. The number of hydrogen-bond acceptors (Lipinski definition) is 5. The molecule has 10 heteroatoms. The first kappa shape index (κ1) is 23.1. The molecule has 0 unspecified atom stereocenters. The fourth-order valence-electron chi connectivity index (χ4n) is 3.00. The Morgan fingerprint density at radius 2 is 1.93 bits per heavy atom. The van der Waals surface area contributed by atoms with E-state index in [4.69, 9.17) is 16.0 Å².